The molecule has 0 radical (unpaired) electrons. The first kappa shape index (κ1) is 21.1. The van der Waals surface area contributed by atoms with E-state index in [0.717, 1.165) is 5.56 Å². The van der Waals surface area contributed by atoms with Gasteiger partial charge in [-0.3, -0.25) is 9.80 Å². The molecule has 1 amide bonds. The second-order valence-electron chi connectivity index (χ2n) is 7.42. The third kappa shape index (κ3) is 4.31. The molecule has 1 unspecified atom stereocenters. The Morgan fingerprint density at radius 1 is 1.03 bits per heavy atom. The number of nitrogens with one attached hydrogen (secondary N) is 1. The lowest BCUT2D eigenvalue weighted by Crippen LogP contribution is -2.26. The van der Waals surface area contributed by atoms with Gasteiger partial charge in [0.2, 0.25) is 0 Å². The van der Waals surface area contributed by atoms with Crippen molar-refractivity contribution in [3.8, 4) is 11.5 Å². The van der Waals surface area contributed by atoms with Crippen molar-refractivity contribution < 1.29 is 27.4 Å². The largest absolute Gasteiger partial charge is 0.586 e. The molecule has 3 aromatic carbocycles. The SMILES string of the molecule is O=C(Nc1ccc2c(c1)OC(F)(F)O2)C1=NN(c2ccc(F)cc2)C(c2ccc(Cl)cc2)C1. The zero-order valence-corrected chi connectivity index (χ0v) is 17.5. The molecule has 168 valence electrons. The van der Waals surface area contributed by atoms with Crippen LogP contribution in [0.15, 0.2) is 71.8 Å². The summed E-state index contributed by atoms with van der Waals surface area (Å²) in [6, 6.07) is 16.5. The summed E-state index contributed by atoms with van der Waals surface area (Å²) in [6.07, 6.45) is -3.49. The van der Waals surface area contributed by atoms with Crippen LogP contribution in [0.5, 0.6) is 11.5 Å². The molecule has 0 fully saturated rings. The lowest BCUT2D eigenvalue weighted by atomic mass is 10.0. The molecular weight excluding hydrogens is 459 g/mol. The predicted molar refractivity (Wildman–Crippen MR) is 116 cm³/mol. The number of hydrogen-bond acceptors (Lipinski definition) is 5. The molecule has 0 saturated heterocycles. The van der Waals surface area contributed by atoms with Gasteiger partial charge in [-0.15, -0.1) is 8.78 Å². The van der Waals surface area contributed by atoms with Crippen molar-refractivity contribution in [3.63, 3.8) is 0 Å². The monoisotopic (exact) mass is 473 g/mol. The van der Waals surface area contributed by atoms with Gasteiger partial charge in [-0.05, 0) is 54.1 Å². The number of halogens is 4. The van der Waals surface area contributed by atoms with Crippen molar-refractivity contribution in [2.45, 2.75) is 18.8 Å². The predicted octanol–water partition coefficient (Wildman–Crippen LogP) is 5.75. The first-order valence-corrected chi connectivity index (χ1v) is 10.2. The first-order chi connectivity index (χ1) is 15.8. The summed E-state index contributed by atoms with van der Waals surface area (Å²) < 4.78 is 48.7. The molecule has 5 rings (SSSR count). The number of rotatable bonds is 4. The van der Waals surface area contributed by atoms with Gasteiger partial charge in [0.25, 0.3) is 5.91 Å². The minimum atomic E-state index is -3.75. The highest BCUT2D eigenvalue weighted by Crippen LogP contribution is 2.42. The van der Waals surface area contributed by atoms with Gasteiger partial charge in [-0.2, -0.15) is 5.10 Å². The zero-order valence-electron chi connectivity index (χ0n) is 16.8. The Morgan fingerprint density at radius 2 is 1.73 bits per heavy atom. The van der Waals surface area contributed by atoms with Crippen molar-refractivity contribution in [1.82, 2.24) is 0 Å². The highest BCUT2D eigenvalue weighted by molar-refractivity contribution is 6.43. The van der Waals surface area contributed by atoms with Gasteiger partial charge in [0.15, 0.2) is 11.5 Å². The second-order valence-corrected chi connectivity index (χ2v) is 7.86. The maximum atomic E-state index is 13.4. The lowest BCUT2D eigenvalue weighted by molar-refractivity contribution is -0.286. The maximum Gasteiger partial charge on any atom is 0.586 e. The van der Waals surface area contributed by atoms with Crippen molar-refractivity contribution in [2.75, 3.05) is 10.3 Å². The fourth-order valence-electron chi connectivity index (χ4n) is 3.65. The van der Waals surface area contributed by atoms with Gasteiger partial charge in [0, 0.05) is 23.2 Å². The van der Waals surface area contributed by atoms with Crippen molar-refractivity contribution in [2.24, 2.45) is 5.10 Å². The van der Waals surface area contributed by atoms with Gasteiger partial charge in [-0.1, -0.05) is 23.7 Å². The van der Waals surface area contributed by atoms with E-state index in [0.29, 0.717) is 10.7 Å². The summed E-state index contributed by atoms with van der Waals surface area (Å²) in [7, 11) is 0. The Labute approximate surface area is 191 Å². The Kier molecular flexibility index (Phi) is 5.13. The minimum absolute atomic E-state index is 0.124. The third-order valence-electron chi connectivity index (χ3n) is 5.18. The quantitative estimate of drug-likeness (QED) is 0.524. The van der Waals surface area contributed by atoms with Crippen LogP contribution < -0.4 is 19.8 Å². The van der Waals surface area contributed by atoms with Crippen molar-refractivity contribution in [3.05, 3.63) is 83.1 Å². The molecule has 6 nitrogen and oxygen atoms in total. The molecule has 0 bridgehead atoms. The molecule has 0 spiro atoms. The lowest BCUT2D eigenvalue weighted by Gasteiger charge is -2.24. The van der Waals surface area contributed by atoms with E-state index in [1.165, 1.54) is 30.3 Å². The fraction of sp³-hybridized carbons (Fsp3) is 0.130. The second kappa shape index (κ2) is 8.00. The Hall–Kier alpha value is -3.72. The van der Waals surface area contributed by atoms with Gasteiger partial charge >= 0.3 is 6.29 Å². The number of hydrazone groups is 1. The topological polar surface area (TPSA) is 63.2 Å². The van der Waals surface area contributed by atoms with Crippen LogP contribution in [-0.4, -0.2) is 17.9 Å². The van der Waals surface area contributed by atoms with Crippen LogP contribution in [-0.2, 0) is 4.79 Å². The van der Waals surface area contributed by atoms with E-state index in [1.54, 1.807) is 29.3 Å². The molecule has 2 aliphatic rings. The number of carbonyl (C=O) groups is 1. The summed E-state index contributed by atoms with van der Waals surface area (Å²) in [5.74, 6) is -1.21. The van der Waals surface area contributed by atoms with Crippen LogP contribution in [0.2, 0.25) is 5.02 Å². The number of amides is 1. The van der Waals surface area contributed by atoms with E-state index >= 15 is 0 Å². The van der Waals surface area contributed by atoms with E-state index in [9.17, 15) is 18.0 Å². The number of ether oxygens (including phenoxy) is 2. The van der Waals surface area contributed by atoms with E-state index in [4.69, 9.17) is 11.6 Å². The van der Waals surface area contributed by atoms with Crippen LogP contribution in [0.1, 0.15) is 18.0 Å². The highest BCUT2D eigenvalue weighted by Gasteiger charge is 2.43. The Balaban J connectivity index is 1.40. The average molecular weight is 474 g/mol. The molecule has 0 aromatic heterocycles. The van der Waals surface area contributed by atoms with Crippen LogP contribution >= 0.6 is 11.6 Å². The fourth-order valence-corrected chi connectivity index (χ4v) is 3.78. The Morgan fingerprint density at radius 3 is 2.45 bits per heavy atom. The molecule has 2 heterocycles. The number of anilines is 2. The van der Waals surface area contributed by atoms with Crippen molar-refractivity contribution >= 4 is 34.6 Å². The highest BCUT2D eigenvalue weighted by atomic mass is 35.5. The summed E-state index contributed by atoms with van der Waals surface area (Å²) in [5, 5.41) is 9.32. The average Bonchev–Trinajstić information content (AvgIpc) is 3.34. The summed E-state index contributed by atoms with van der Waals surface area (Å²) >= 11 is 6.00. The third-order valence-corrected chi connectivity index (χ3v) is 5.43. The Bertz CT molecular complexity index is 1250. The molecule has 3 aromatic rings. The summed E-state index contributed by atoms with van der Waals surface area (Å²) in [6.45, 7) is 0. The first-order valence-electron chi connectivity index (χ1n) is 9.86. The molecule has 1 N–H and O–H groups in total. The minimum Gasteiger partial charge on any atom is -0.395 e. The van der Waals surface area contributed by atoms with Crippen LogP contribution in [0.25, 0.3) is 0 Å². The molecule has 0 saturated carbocycles. The molecule has 10 heteroatoms. The van der Waals surface area contributed by atoms with Crippen LogP contribution in [0, 0.1) is 5.82 Å². The molecule has 2 aliphatic heterocycles. The van der Waals surface area contributed by atoms with Crippen molar-refractivity contribution in [1.29, 1.82) is 0 Å². The van der Waals surface area contributed by atoms with Crippen LogP contribution in [0.4, 0.5) is 24.5 Å². The van der Waals surface area contributed by atoms with E-state index in [2.05, 4.69) is 19.9 Å². The van der Waals surface area contributed by atoms with Gasteiger partial charge in [-0.25, -0.2) is 4.39 Å². The van der Waals surface area contributed by atoms with E-state index < -0.39 is 18.0 Å². The smallest absolute Gasteiger partial charge is 0.395 e. The van der Waals surface area contributed by atoms with E-state index in [1.807, 2.05) is 12.1 Å². The molecular formula is C23H15ClF3N3O3. The van der Waals surface area contributed by atoms with Gasteiger partial charge in [0.05, 0.1) is 11.7 Å². The number of benzene rings is 3. The molecule has 33 heavy (non-hydrogen) atoms. The van der Waals surface area contributed by atoms with E-state index in [-0.39, 0.29) is 35.4 Å². The molecule has 0 aliphatic carbocycles. The van der Waals surface area contributed by atoms with Gasteiger partial charge < -0.3 is 14.8 Å². The summed E-state index contributed by atoms with van der Waals surface area (Å²) in [5.41, 5.74) is 1.92. The standard InChI is InChI=1S/C23H15ClF3N3O3/c24-14-3-1-13(2-4-14)19-12-18(29-30(19)17-8-5-15(25)6-9-17)22(31)28-16-7-10-20-21(11-16)33-23(26,27)32-20/h1-11,19H,12H2,(H,28,31). The molecule has 1 atom stereocenters. The number of alkyl halides is 2. The number of nitrogens with zero attached hydrogens (tertiary/aromatic N) is 2. The zero-order chi connectivity index (χ0) is 23.2. The maximum absolute atomic E-state index is 13.4. The number of hydrogen-bond donors (Lipinski definition) is 1. The normalized spacial score (nSPS) is 18.2. The van der Waals surface area contributed by atoms with Gasteiger partial charge in [0.1, 0.15) is 11.5 Å². The number of carbonyl (C=O) groups excluding carboxylic acids is 1. The summed E-state index contributed by atoms with van der Waals surface area (Å²) in [4.78, 5) is 12.9. The number of fused-ring (bicyclic) bond motifs is 1. The van der Waals surface area contributed by atoms with Crippen LogP contribution in [0.3, 0.4) is 0 Å².